The lowest BCUT2D eigenvalue weighted by atomic mass is 9.89. The van der Waals surface area contributed by atoms with Crippen molar-refractivity contribution in [3.63, 3.8) is 0 Å². The minimum absolute atomic E-state index is 0.178. The van der Waals surface area contributed by atoms with Crippen molar-refractivity contribution >= 4 is 22.8 Å². The molecule has 2 aromatic rings. The van der Waals surface area contributed by atoms with E-state index in [0.717, 1.165) is 16.9 Å². The Hall–Kier alpha value is -2.90. The zero-order valence-electron chi connectivity index (χ0n) is 17.5. The highest BCUT2D eigenvalue weighted by atomic mass is 16.2. The molecule has 8 heteroatoms. The van der Waals surface area contributed by atoms with Crippen LogP contribution < -0.4 is 16.3 Å². The van der Waals surface area contributed by atoms with Gasteiger partial charge in [-0.2, -0.15) is 10.1 Å². The first-order valence-corrected chi connectivity index (χ1v) is 9.26. The maximum atomic E-state index is 13.2. The highest BCUT2D eigenvalue weighted by molar-refractivity contribution is 5.93. The molecule has 0 saturated heterocycles. The molecule has 0 saturated carbocycles. The summed E-state index contributed by atoms with van der Waals surface area (Å²) in [6.45, 7) is 18.9. The molecule has 0 aliphatic carbocycles. The van der Waals surface area contributed by atoms with E-state index in [2.05, 4.69) is 38.9 Å². The number of hydrogen-bond acceptors (Lipinski definition) is 5. The Morgan fingerprint density at radius 3 is 2.25 bits per heavy atom. The van der Waals surface area contributed by atoms with E-state index in [0.29, 0.717) is 30.2 Å². The Labute approximate surface area is 164 Å². The molecule has 8 nitrogen and oxygen atoms in total. The first-order valence-electron chi connectivity index (χ1n) is 9.26. The van der Waals surface area contributed by atoms with Gasteiger partial charge in [-0.1, -0.05) is 45.1 Å². The van der Waals surface area contributed by atoms with Gasteiger partial charge in [-0.3, -0.25) is 18.5 Å². The standard InChI is InChI=1S/C20H28N6O2/c1-12(2)9-25-17(27)15-16(23(8)19(25)28)21-18-24(15)11-14(20(5,6)7)22-26(18)10-13(3)4/h1,3,9-11H2,2,4-8H3. The van der Waals surface area contributed by atoms with Gasteiger partial charge in [-0.25, -0.2) is 9.80 Å². The first-order chi connectivity index (χ1) is 12.9. The molecule has 1 aliphatic heterocycles. The Bertz CT molecular complexity index is 1140. The smallest absolute Gasteiger partial charge is 0.297 e. The Kier molecular flexibility index (Phi) is 4.69. The van der Waals surface area contributed by atoms with Crippen LogP contribution >= 0.6 is 0 Å². The highest BCUT2D eigenvalue weighted by Gasteiger charge is 2.31. The number of fused-ring (bicyclic) bond motifs is 3. The van der Waals surface area contributed by atoms with Gasteiger partial charge in [0.2, 0.25) is 5.95 Å². The van der Waals surface area contributed by atoms with Gasteiger partial charge in [0.1, 0.15) is 0 Å². The van der Waals surface area contributed by atoms with Crippen molar-refractivity contribution in [1.29, 1.82) is 0 Å². The maximum Gasteiger partial charge on any atom is 0.332 e. The van der Waals surface area contributed by atoms with Gasteiger partial charge < -0.3 is 0 Å². The van der Waals surface area contributed by atoms with Gasteiger partial charge in [0.15, 0.2) is 11.2 Å². The van der Waals surface area contributed by atoms with Crippen LogP contribution in [0.5, 0.6) is 0 Å². The van der Waals surface area contributed by atoms with Gasteiger partial charge in [-0.15, -0.1) is 0 Å². The summed E-state index contributed by atoms with van der Waals surface area (Å²) < 4.78 is 4.49. The average Bonchev–Trinajstić information content (AvgIpc) is 2.95. The number of allylic oxidation sites excluding steroid dienone is 1. The molecule has 2 aromatic heterocycles. The molecule has 0 atom stereocenters. The number of anilines is 1. The van der Waals surface area contributed by atoms with E-state index >= 15 is 0 Å². The molecular formula is C20H28N6O2. The number of hydrazone groups is 1. The zero-order chi connectivity index (χ0) is 21.0. The monoisotopic (exact) mass is 384 g/mol. The molecule has 0 radical (unpaired) electrons. The molecule has 0 fully saturated rings. The fourth-order valence-electron chi connectivity index (χ4n) is 3.24. The Morgan fingerprint density at radius 2 is 1.71 bits per heavy atom. The van der Waals surface area contributed by atoms with E-state index in [1.165, 1.54) is 9.13 Å². The summed E-state index contributed by atoms with van der Waals surface area (Å²) in [6.07, 6.45) is 0. The number of aromatic nitrogens is 4. The van der Waals surface area contributed by atoms with E-state index in [4.69, 9.17) is 5.10 Å². The topological polar surface area (TPSA) is 77.4 Å². The van der Waals surface area contributed by atoms with Crippen LogP contribution in [0.15, 0.2) is 39.0 Å². The quantitative estimate of drug-likeness (QED) is 0.758. The Balaban J connectivity index is 2.35. The fraction of sp³-hybridized carbons (Fsp3) is 0.500. The number of nitrogens with zero attached hydrogens (tertiary/aromatic N) is 6. The normalized spacial score (nSPS) is 14.2. The summed E-state index contributed by atoms with van der Waals surface area (Å²) in [5, 5.41) is 6.54. The maximum absolute atomic E-state index is 13.2. The van der Waals surface area contributed by atoms with E-state index in [-0.39, 0.29) is 17.5 Å². The van der Waals surface area contributed by atoms with Crippen molar-refractivity contribution in [2.45, 2.75) is 47.7 Å². The summed E-state index contributed by atoms with van der Waals surface area (Å²) in [5.74, 6) is 0.547. The third-order valence-corrected chi connectivity index (χ3v) is 4.71. The molecule has 150 valence electrons. The predicted molar refractivity (Wildman–Crippen MR) is 113 cm³/mol. The predicted octanol–water partition coefficient (Wildman–Crippen LogP) is 2.27. The van der Waals surface area contributed by atoms with Gasteiger partial charge in [-0.05, 0) is 13.8 Å². The summed E-state index contributed by atoms with van der Waals surface area (Å²) in [5.41, 5.74) is 2.41. The molecule has 0 N–H and O–H groups in total. The highest BCUT2D eigenvalue weighted by Crippen LogP contribution is 2.29. The minimum Gasteiger partial charge on any atom is -0.297 e. The van der Waals surface area contributed by atoms with Crippen LogP contribution in [0, 0.1) is 5.41 Å². The molecule has 0 spiro atoms. The van der Waals surface area contributed by atoms with Crippen molar-refractivity contribution in [2.75, 3.05) is 11.6 Å². The van der Waals surface area contributed by atoms with Crippen LogP contribution in [0.4, 0.5) is 5.95 Å². The third-order valence-electron chi connectivity index (χ3n) is 4.71. The largest absolute Gasteiger partial charge is 0.332 e. The Morgan fingerprint density at radius 1 is 1.11 bits per heavy atom. The lowest BCUT2D eigenvalue weighted by molar-refractivity contribution is 0.551. The van der Waals surface area contributed by atoms with Crippen molar-refractivity contribution in [3.8, 4) is 0 Å². The van der Waals surface area contributed by atoms with E-state index in [9.17, 15) is 9.59 Å². The van der Waals surface area contributed by atoms with Crippen molar-refractivity contribution in [3.05, 3.63) is 45.1 Å². The molecule has 0 unspecified atom stereocenters. The van der Waals surface area contributed by atoms with Crippen LogP contribution in [-0.2, 0) is 20.1 Å². The van der Waals surface area contributed by atoms with E-state index in [1.807, 2.05) is 11.5 Å². The lowest BCUT2D eigenvalue weighted by Crippen LogP contribution is -2.41. The van der Waals surface area contributed by atoms with Crippen LogP contribution in [-0.4, -0.2) is 30.9 Å². The molecule has 0 amide bonds. The number of aryl methyl sites for hydroxylation is 1. The van der Waals surface area contributed by atoms with Gasteiger partial charge >= 0.3 is 5.69 Å². The lowest BCUT2D eigenvalue weighted by Gasteiger charge is -2.31. The van der Waals surface area contributed by atoms with Crippen LogP contribution in [0.25, 0.3) is 11.2 Å². The molecule has 0 aromatic carbocycles. The molecule has 3 heterocycles. The molecule has 1 aliphatic rings. The summed E-state index contributed by atoms with van der Waals surface area (Å²) in [6, 6.07) is 0. The third kappa shape index (κ3) is 3.23. The number of imidazole rings is 1. The summed E-state index contributed by atoms with van der Waals surface area (Å²) in [7, 11) is 1.63. The van der Waals surface area contributed by atoms with Crippen LogP contribution in [0.3, 0.4) is 0 Å². The number of hydrogen-bond donors (Lipinski definition) is 0. The first kappa shape index (κ1) is 19.9. The minimum atomic E-state index is -0.403. The second-order valence-corrected chi connectivity index (χ2v) is 8.67. The zero-order valence-corrected chi connectivity index (χ0v) is 17.5. The van der Waals surface area contributed by atoms with Gasteiger partial charge in [0.05, 0.1) is 25.3 Å². The van der Waals surface area contributed by atoms with Crippen LogP contribution in [0.2, 0.25) is 0 Å². The summed E-state index contributed by atoms with van der Waals surface area (Å²) in [4.78, 5) is 30.6. The summed E-state index contributed by atoms with van der Waals surface area (Å²) >= 11 is 0. The van der Waals surface area contributed by atoms with E-state index < -0.39 is 5.69 Å². The van der Waals surface area contributed by atoms with Crippen molar-refractivity contribution in [1.82, 2.24) is 18.7 Å². The SMILES string of the molecule is C=C(C)CN1N=C(C(C)(C)C)Cn2c1nc1c2c(=O)n(CC(=C)C)c(=O)n1C. The van der Waals surface area contributed by atoms with Crippen molar-refractivity contribution < 1.29 is 0 Å². The van der Waals surface area contributed by atoms with E-state index in [1.54, 1.807) is 19.0 Å². The second-order valence-electron chi connectivity index (χ2n) is 8.67. The average molecular weight is 384 g/mol. The molecular weight excluding hydrogens is 356 g/mol. The van der Waals surface area contributed by atoms with Gasteiger partial charge in [0, 0.05) is 12.5 Å². The fourth-order valence-corrected chi connectivity index (χ4v) is 3.24. The number of rotatable bonds is 4. The van der Waals surface area contributed by atoms with Gasteiger partial charge in [0.25, 0.3) is 5.56 Å². The molecule has 0 bridgehead atoms. The molecule has 3 rings (SSSR count). The molecule has 28 heavy (non-hydrogen) atoms. The van der Waals surface area contributed by atoms with Crippen molar-refractivity contribution in [2.24, 2.45) is 17.6 Å². The van der Waals surface area contributed by atoms with Crippen LogP contribution in [0.1, 0.15) is 34.6 Å². The second kappa shape index (κ2) is 6.61.